The van der Waals surface area contributed by atoms with Crippen molar-refractivity contribution in [1.29, 1.82) is 0 Å². The molecule has 144 valence electrons. The van der Waals surface area contributed by atoms with E-state index in [-0.39, 0.29) is 5.91 Å². The minimum atomic E-state index is -0.274. The summed E-state index contributed by atoms with van der Waals surface area (Å²) in [4.78, 5) is 23.4. The van der Waals surface area contributed by atoms with Gasteiger partial charge in [-0.15, -0.1) is 0 Å². The van der Waals surface area contributed by atoms with E-state index in [1.54, 1.807) is 24.4 Å². The molecule has 1 heterocycles. The van der Waals surface area contributed by atoms with Crippen molar-refractivity contribution in [3.05, 3.63) is 78.1 Å². The van der Waals surface area contributed by atoms with Crippen molar-refractivity contribution < 1.29 is 9.53 Å². The summed E-state index contributed by atoms with van der Waals surface area (Å²) in [6.45, 7) is 5.99. The van der Waals surface area contributed by atoms with Gasteiger partial charge in [0, 0.05) is 25.0 Å². The lowest BCUT2D eigenvalue weighted by Crippen LogP contribution is -2.25. The molecule has 0 aliphatic rings. The van der Waals surface area contributed by atoms with Crippen molar-refractivity contribution in [3.8, 4) is 5.75 Å². The first kappa shape index (κ1) is 19.4. The van der Waals surface area contributed by atoms with E-state index in [4.69, 9.17) is 4.74 Å². The molecule has 0 unspecified atom stereocenters. The Morgan fingerprint density at radius 2 is 1.79 bits per heavy atom. The molecule has 0 spiro atoms. The molecule has 28 heavy (non-hydrogen) atoms. The number of hydrogen-bond donors (Lipinski definition) is 1. The van der Waals surface area contributed by atoms with Crippen LogP contribution >= 0.6 is 0 Å². The van der Waals surface area contributed by atoms with Crippen molar-refractivity contribution in [1.82, 2.24) is 9.97 Å². The highest BCUT2D eigenvalue weighted by molar-refractivity contribution is 6.03. The number of amides is 1. The Labute approximate surface area is 165 Å². The summed E-state index contributed by atoms with van der Waals surface area (Å²) in [5.41, 5.74) is 2.17. The van der Waals surface area contributed by atoms with Crippen LogP contribution in [0.5, 0.6) is 5.75 Å². The maximum absolute atomic E-state index is 12.6. The van der Waals surface area contributed by atoms with Crippen LogP contribution in [-0.2, 0) is 6.54 Å². The second-order valence-electron chi connectivity index (χ2n) is 6.15. The Morgan fingerprint density at radius 1 is 1.04 bits per heavy atom. The maximum Gasteiger partial charge on any atom is 0.274 e. The Hall–Kier alpha value is -3.41. The highest BCUT2D eigenvalue weighted by Crippen LogP contribution is 2.17. The monoisotopic (exact) mass is 376 g/mol. The van der Waals surface area contributed by atoms with Gasteiger partial charge in [0.1, 0.15) is 11.4 Å². The molecule has 0 aliphatic heterocycles. The lowest BCUT2D eigenvalue weighted by molar-refractivity contribution is 0.102. The van der Waals surface area contributed by atoms with Crippen LogP contribution in [0.2, 0.25) is 0 Å². The van der Waals surface area contributed by atoms with Crippen molar-refractivity contribution in [3.63, 3.8) is 0 Å². The summed E-state index contributed by atoms with van der Waals surface area (Å²) in [5.74, 6) is 1.03. The van der Waals surface area contributed by atoms with Crippen LogP contribution in [0.3, 0.4) is 0 Å². The van der Waals surface area contributed by atoms with Crippen LogP contribution in [0.15, 0.2) is 66.9 Å². The fourth-order valence-electron chi connectivity index (χ4n) is 2.75. The van der Waals surface area contributed by atoms with Gasteiger partial charge < -0.3 is 15.0 Å². The molecule has 3 aromatic rings. The van der Waals surface area contributed by atoms with Crippen molar-refractivity contribution in [2.24, 2.45) is 0 Å². The topological polar surface area (TPSA) is 67.3 Å². The Bertz CT molecular complexity index is 898. The lowest BCUT2D eigenvalue weighted by atomic mass is 10.2. The van der Waals surface area contributed by atoms with E-state index in [1.165, 1.54) is 0 Å². The van der Waals surface area contributed by atoms with Gasteiger partial charge in [-0.05, 0) is 49.7 Å². The third-order valence-electron chi connectivity index (χ3n) is 4.18. The third-order valence-corrected chi connectivity index (χ3v) is 4.18. The summed E-state index contributed by atoms with van der Waals surface area (Å²) >= 11 is 0. The quantitative estimate of drug-likeness (QED) is 0.640. The average molecular weight is 376 g/mol. The molecule has 1 N–H and O–H groups in total. The first-order valence-corrected chi connectivity index (χ1v) is 9.35. The van der Waals surface area contributed by atoms with E-state index in [0.29, 0.717) is 30.5 Å². The van der Waals surface area contributed by atoms with E-state index in [1.807, 2.05) is 49.1 Å². The van der Waals surface area contributed by atoms with E-state index >= 15 is 0 Å². The number of hydrogen-bond acceptors (Lipinski definition) is 5. The normalized spacial score (nSPS) is 10.4. The van der Waals surface area contributed by atoms with Gasteiger partial charge in [0.05, 0.1) is 6.61 Å². The number of aromatic nitrogens is 2. The predicted molar refractivity (Wildman–Crippen MR) is 111 cm³/mol. The number of carbonyl (C=O) groups excluding carboxylic acids is 1. The van der Waals surface area contributed by atoms with Gasteiger partial charge in [0.25, 0.3) is 5.91 Å². The zero-order valence-corrected chi connectivity index (χ0v) is 16.1. The standard InChI is InChI=1S/C22H24N4O2/c1-3-26(16-17-8-6-5-7-9-17)22-23-15-14-20(25-22)21(27)24-18-10-12-19(13-11-18)28-4-2/h5-15H,3-4,16H2,1-2H3,(H,24,27). The summed E-state index contributed by atoms with van der Waals surface area (Å²) in [6.07, 6.45) is 1.61. The number of benzene rings is 2. The number of rotatable bonds is 8. The fourth-order valence-corrected chi connectivity index (χ4v) is 2.75. The summed E-state index contributed by atoms with van der Waals surface area (Å²) in [7, 11) is 0. The second-order valence-corrected chi connectivity index (χ2v) is 6.15. The number of anilines is 2. The van der Waals surface area contributed by atoms with Crippen LogP contribution in [0.25, 0.3) is 0 Å². The molecule has 0 atom stereocenters. The largest absolute Gasteiger partial charge is 0.494 e. The van der Waals surface area contributed by atoms with Gasteiger partial charge in [0.2, 0.25) is 5.95 Å². The van der Waals surface area contributed by atoms with Crippen molar-refractivity contribution in [2.75, 3.05) is 23.4 Å². The third kappa shape index (κ3) is 5.07. The van der Waals surface area contributed by atoms with Crippen LogP contribution in [0.4, 0.5) is 11.6 Å². The molecule has 1 aromatic heterocycles. The molecule has 2 aromatic carbocycles. The summed E-state index contributed by atoms with van der Waals surface area (Å²) in [5, 5.41) is 2.86. The first-order chi connectivity index (χ1) is 13.7. The molecule has 0 radical (unpaired) electrons. The summed E-state index contributed by atoms with van der Waals surface area (Å²) < 4.78 is 5.41. The summed E-state index contributed by atoms with van der Waals surface area (Å²) in [6, 6.07) is 19.0. The maximum atomic E-state index is 12.6. The molecule has 6 heteroatoms. The zero-order valence-electron chi connectivity index (χ0n) is 16.1. The zero-order chi connectivity index (χ0) is 19.8. The highest BCUT2D eigenvalue weighted by Gasteiger charge is 2.13. The molecule has 0 bridgehead atoms. The molecular formula is C22H24N4O2. The van der Waals surface area contributed by atoms with E-state index in [0.717, 1.165) is 17.9 Å². The number of nitrogens with zero attached hydrogens (tertiary/aromatic N) is 3. The molecule has 0 aliphatic carbocycles. The Kier molecular flexibility index (Phi) is 6.57. The Balaban J connectivity index is 1.71. The molecule has 6 nitrogen and oxygen atoms in total. The van der Waals surface area contributed by atoms with Gasteiger partial charge in [-0.3, -0.25) is 4.79 Å². The van der Waals surface area contributed by atoms with E-state index in [9.17, 15) is 4.79 Å². The van der Waals surface area contributed by atoms with Crippen LogP contribution in [-0.4, -0.2) is 29.0 Å². The van der Waals surface area contributed by atoms with Gasteiger partial charge in [-0.2, -0.15) is 0 Å². The Morgan fingerprint density at radius 3 is 2.46 bits per heavy atom. The minimum Gasteiger partial charge on any atom is -0.494 e. The van der Waals surface area contributed by atoms with Gasteiger partial charge >= 0.3 is 0 Å². The van der Waals surface area contributed by atoms with Gasteiger partial charge in [0.15, 0.2) is 0 Å². The van der Waals surface area contributed by atoms with E-state index in [2.05, 4.69) is 27.4 Å². The van der Waals surface area contributed by atoms with Crippen molar-refractivity contribution >= 4 is 17.5 Å². The lowest BCUT2D eigenvalue weighted by Gasteiger charge is -2.21. The minimum absolute atomic E-state index is 0.274. The van der Waals surface area contributed by atoms with Crippen LogP contribution in [0.1, 0.15) is 29.9 Å². The molecule has 1 amide bonds. The molecule has 0 saturated carbocycles. The van der Waals surface area contributed by atoms with Crippen molar-refractivity contribution in [2.45, 2.75) is 20.4 Å². The molecular weight excluding hydrogens is 352 g/mol. The van der Waals surface area contributed by atoms with Crippen LogP contribution in [0, 0.1) is 0 Å². The van der Waals surface area contributed by atoms with Crippen LogP contribution < -0.4 is 15.0 Å². The van der Waals surface area contributed by atoms with Gasteiger partial charge in [-0.25, -0.2) is 9.97 Å². The molecule has 3 rings (SSSR count). The number of nitrogens with one attached hydrogen (secondary N) is 1. The van der Waals surface area contributed by atoms with Gasteiger partial charge in [-0.1, -0.05) is 30.3 Å². The van der Waals surface area contributed by atoms with E-state index < -0.39 is 0 Å². The number of carbonyl (C=O) groups is 1. The SMILES string of the molecule is CCOc1ccc(NC(=O)c2ccnc(N(CC)Cc3ccccc3)n2)cc1. The fraction of sp³-hybridized carbons (Fsp3) is 0.227. The molecule has 0 saturated heterocycles. The second kappa shape index (κ2) is 9.50. The predicted octanol–water partition coefficient (Wildman–Crippen LogP) is 4.15. The average Bonchev–Trinajstić information content (AvgIpc) is 2.74. The first-order valence-electron chi connectivity index (χ1n) is 9.35. The highest BCUT2D eigenvalue weighted by atomic mass is 16.5. The molecule has 0 fully saturated rings. The number of ether oxygens (including phenoxy) is 1. The smallest absolute Gasteiger partial charge is 0.274 e.